The Balaban J connectivity index is 3.68. The van der Waals surface area contributed by atoms with Crippen molar-refractivity contribution in [3.05, 3.63) is 12.2 Å². The summed E-state index contributed by atoms with van der Waals surface area (Å²) in [6.45, 7) is 6.23. The molecule has 0 saturated heterocycles. The molecular weight excluding hydrogens is 380 g/mol. The lowest BCUT2D eigenvalue weighted by atomic mass is 10.1. The van der Waals surface area contributed by atoms with Crippen molar-refractivity contribution in [1.82, 2.24) is 0 Å². The van der Waals surface area contributed by atoms with Crippen LogP contribution < -0.4 is 0 Å². The molecule has 0 radical (unpaired) electrons. The predicted molar refractivity (Wildman–Crippen MR) is 130 cm³/mol. The van der Waals surface area contributed by atoms with Crippen LogP contribution in [0.2, 0.25) is 0 Å². The molecule has 2 nitrogen and oxygen atoms in total. The average Bonchev–Trinajstić information content (AvgIpc) is 2.73. The Bertz CT molecular complexity index is 306. The molecule has 0 aromatic carbocycles. The lowest BCUT2D eigenvalue weighted by Crippen LogP contribution is -2.19. The molecule has 0 aromatic heterocycles. The Kier molecular flexibility index (Phi) is 25.9. The molecule has 0 atom stereocenters. The van der Waals surface area contributed by atoms with Gasteiger partial charge in [0.15, 0.2) is 6.29 Å². The Labute approximate surface area is 188 Å². The van der Waals surface area contributed by atoms with Crippen LogP contribution in [0.5, 0.6) is 0 Å². The van der Waals surface area contributed by atoms with E-state index in [1.807, 2.05) is 0 Å². The SMILES string of the molecule is CCCCCCOC(CCCCCCCCC/C=C/CCCl)OCCCCCC. The number of hydrogen-bond acceptors (Lipinski definition) is 2. The highest BCUT2D eigenvalue weighted by Gasteiger charge is 2.09. The van der Waals surface area contributed by atoms with Crippen molar-refractivity contribution in [1.29, 1.82) is 0 Å². The zero-order valence-electron chi connectivity index (χ0n) is 19.8. The second-order valence-electron chi connectivity index (χ2n) is 8.29. The van der Waals surface area contributed by atoms with Crippen molar-refractivity contribution in [2.24, 2.45) is 0 Å². The lowest BCUT2D eigenvalue weighted by molar-refractivity contribution is -0.148. The molecule has 29 heavy (non-hydrogen) atoms. The maximum Gasteiger partial charge on any atom is 0.157 e. The lowest BCUT2D eigenvalue weighted by Gasteiger charge is -2.19. The van der Waals surface area contributed by atoms with Gasteiger partial charge in [-0.05, 0) is 44.9 Å². The normalized spacial score (nSPS) is 11.9. The summed E-state index contributed by atoms with van der Waals surface area (Å²) in [5.41, 5.74) is 0. The average molecular weight is 431 g/mol. The number of hydrogen-bond donors (Lipinski definition) is 0. The minimum Gasteiger partial charge on any atom is -0.353 e. The fraction of sp³-hybridized carbons (Fsp3) is 0.923. The Hall–Kier alpha value is -0.0500. The Morgan fingerprint density at radius 2 is 1.07 bits per heavy atom. The van der Waals surface area contributed by atoms with Crippen molar-refractivity contribution >= 4 is 11.6 Å². The summed E-state index contributed by atoms with van der Waals surface area (Å²) in [5.74, 6) is 0.741. The monoisotopic (exact) mass is 430 g/mol. The molecule has 174 valence electrons. The van der Waals surface area contributed by atoms with E-state index in [9.17, 15) is 0 Å². The van der Waals surface area contributed by atoms with Crippen molar-refractivity contribution in [2.75, 3.05) is 19.1 Å². The van der Waals surface area contributed by atoms with Crippen LogP contribution in [0.4, 0.5) is 0 Å². The van der Waals surface area contributed by atoms with E-state index in [-0.39, 0.29) is 6.29 Å². The predicted octanol–water partition coefficient (Wildman–Crippen LogP) is 9.20. The van der Waals surface area contributed by atoms with Crippen molar-refractivity contribution in [3.63, 3.8) is 0 Å². The van der Waals surface area contributed by atoms with Crippen LogP contribution >= 0.6 is 11.6 Å². The minimum absolute atomic E-state index is 0.0260. The van der Waals surface area contributed by atoms with Crippen LogP contribution in [0.1, 0.15) is 129 Å². The summed E-state index contributed by atoms with van der Waals surface area (Å²) in [6.07, 6.45) is 27.2. The highest BCUT2D eigenvalue weighted by Crippen LogP contribution is 2.14. The Morgan fingerprint density at radius 1 is 0.586 bits per heavy atom. The molecule has 0 aliphatic heterocycles. The van der Waals surface area contributed by atoms with Crippen molar-refractivity contribution in [3.8, 4) is 0 Å². The second kappa shape index (κ2) is 26.0. The molecule has 0 aliphatic rings. The third-order valence-corrected chi connectivity index (χ3v) is 5.57. The van der Waals surface area contributed by atoms with E-state index < -0.39 is 0 Å². The minimum atomic E-state index is 0.0260. The Morgan fingerprint density at radius 3 is 1.62 bits per heavy atom. The highest BCUT2D eigenvalue weighted by molar-refractivity contribution is 6.17. The van der Waals surface area contributed by atoms with Crippen LogP contribution in [-0.2, 0) is 9.47 Å². The fourth-order valence-electron chi connectivity index (χ4n) is 3.46. The zero-order valence-corrected chi connectivity index (χ0v) is 20.5. The van der Waals surface area contributed by atoms with Gasteiger partial charge in [0, 0.05) is 19.1 Å². The summed E-state index contributed by atoms with van der Waals surface area (Å²) in [7, 11) is 0. The second-order valence-corrected chi connectivity index (χ2v) is 8.67. The molecule has 0 N–H and O–H groups in total. The van der Waals surface area contributed by atoms with Crippen LogP contribution in [0, 0.1) is 0 Å². The molecule has 0 bridgehead atoms. The van der Waals surface area contributed by atoms with Crippen LogP contribution in [0.15, 0.2) is 12.2 Å². The topological polar surface area (TPSA) is 18.5 Å². The molecule has 0 aliphatic carbocycles. The maximum atomic E-state index is 6.06. The van der Waals surface area contributed by atoms with Crippen LogP contribution in [0.25, 0.3) is 0 Å². The summed E-state index contributed by atoms with van der Waals surface area (Å²) < 4.78 is 12.1. The first-order valence-corrected chi connectivity index (χ1v) is 13.3. The number of ether oxygens (including phenoxy) is 2. The van der Waals surface area contributed by atoms with Gasteiger partial charge in [-0.2, -0.15) is 0 Å². The van der Waals surface area contributed by atoms with Crippen molar-refractivity contribution in [2.45, 2.75) is 136 Å². The van der Waals surface area contributed by atoms with Gasteiger partial charge in [0.2, 0.25) is 0 Å². The first-order valence-electron chi connectivity index (χ1n) is 12.8. The van der Waals surface area contributed by atoms with Gasteiger partial charge in [-0.1, -0.05) is 96.6 Å². The number of halogens is 1. The van der Waals surface area contributed by atoms with E-state index >= 15 is 0 Å². The van der Waals surface area contributed by atoms with E-state index in [1.165, 1.54) is 103 Å². The van der Waals surface area contributed by atoms with Gasteiger partial charge < -0.3 is 9.47 Å². The highest BCUT2D eigenvalue weighted by atomic mass is 35.5. The quantitative estimate of drug-likeness (QED) is 0.0657. The van der Waals surface area contributed by atoms with Gasteiger partial charge in [-0.3, -0.25) is 0 Å². The third-order valence-electron chi connectivity index (χ3n) is 5.36. The molecule has 0 spiro atoms. The zero-order chi connectivity index (χ0) is 21.3. The molecule has 0 amide bonds. The largest absolute Gasteiger partial charge is 0.353 e. The van der Waals surface area contributed by atoms with Crippen LogP contribution in [-0.4, -0.2) is 25.4 Å². The van der Waals surface area contributed by atoms with Crippen molar-refractivity contribution < 1.29 is 9.47 Å². The van der Waals surface area contributed by atoms with E-state index in [0.29, 0.717) is 0 Å². The van der Waals surface area contributed by atoms with Gasteiger partial charge in [0.1, 0.15) is 0 Å². The van der Waals surface area contributed by atoms with Gasteiger partial charge in [0.25, 0.3) is 0 Å². The molecule has 0 rings (SSSR count). The van der Waals surface area contributed by atoms with Gasteiger partial charge >= 0.3 is 0 Å². The smallest absolute Gasteiger partial charge is 0.157 e. The van der Waals surface area contributed by atoms with E-state index in [0.717, 1.165) is 31.9 Å². The number of unbranched alkanes of at least 4 members (excludes halogenated alkanes) is 13. The summed E-state index contributed by atoms with van der Waals surface area (Å²) in [5, 5.41) is 0. The van der Waals surface area contributed by atoms with Gasteiger partial charge in [-0.25, -0.2) is 0 Å². The molecule has 0 aromatic rings. The molecule has 0 saturated carbocycles. The van der Waals surface area contributed by atoms with Gasteiger partial charge in [-0.15, -0.1) is 11.6 Å². The number of allylic oxidation sites excluding steroid dienone is 2. The summed E-state index contributed by atoms with van der Waals surface area (Å²) >= 11 is 5.66. The molecule has 0 heterocycles. The first-order chi connectivity index (χ1) is 14.3. The fourth-order valence-corrected chi connectivity index (χ4v) is 3.58. The third kappa shape index (κ3) is 24.1. The number of alkyl halides is 1. The summed E-state index contributed by atoms with van der Waals surface area (Å²) in [6, 6.07) is 0. The number of rotatable bonds is 24. The standard InChI is InChI=1S/C26H51ClO2/c1-3-5-7-20-24-28-26(29-25-21-8-6-4-2)22-18-16-14-12-10-9-11-13-15-17-19-23-27/h15,17,26H,3-14,16,18-25H2,1-2H3/b17-15+. The molecule has 0 fully saturated rings. The summed E-state index contributed by atoms with van der Waals surface area (Å²) in [4.78, 5) is 0. The van der Waals surface area contributed by atoms with Crippen LogP contribution in [0.3, 0.4) is 0 Å². The molecular formula is C26H51ClO2. The van der Waals surface area contributed by atoms with E-state index in [1.54, 1.807) is 0 Å². The maximum absolute atomic E-state index is 6.06. The molecule has 0 unspecified atom stereocenters. The van der Waals surface area contributed by atoms with Gasteiger partial charge in [0.05, 0.1) is 0 Å². The van der Waals surface area contributed by atoms with E-state index in [2.05, 4.69) is 26.0 Å². The first kappa shape index (κ1) is 28.9. The molecule has 3 heteroatoms. The van der Waals surface area contributed by atoms with E-state index in [4.69, 9.17) is 21.1 Å².